The molecule has 2 amide bonds. The van der Waals surface area contributed by atoms with Crippen LogP contribution in [-0.2, 0) is 0 Å². The highest BCUT2D eigenvalue weighted by Gasteiger charge is 2.34. The minimum Gasteiger partial charge on any atom is -0.332 e. The van der Waals surface area contributed by atoms with E-state index in [9.17, 15) is 9.59 Å². The molecule has 1 heterocycles. The first kappa shape index (κ1) is 22.0. The fraction of sp³-hybridized carbons (Fsp3) is 0.160. The van der Waals surface area contributed by atoms with Crippen molar-refractivity contribution in [2.24, 2.45) is 0 Å². The summed E-state index contributed by atoms with van der Waals surface area (Å²) in [5.41, 5.74) is 4.03. The zero-order valence-corrected chi connectivity index (χ0v) is 19.3. The van der Waals surface area contributed by atoms with Gasteiger partial charge in [0.25, 0.3) is 11.8 Å². The number of nitrogens with zero attached hydrogens (tertiary/aromatic N) is 1. The molecule has 5 nitrogen and oxygen atoms in total. The Bertz CT molecular complexity index is 1130. The minimum atomic E-state index is -0.198. The average Bonchev–Trinajstić information content (AvgIpc) is 3.03. The number of hydrogen-bond acceptors (Lipinski definition) is 4. The van der Waals surface area contributed by atoms with Crippen molar-refractivity contribution in [2.75, 3.05) is 22.9 Å². The van der Waals surface area contributed by atoms with Crippen LogP contribution in [0, 0.1) is 6.92 Å². The van der Waals surface area contributed by atoms with Crippen molar-refractivity contribution >= 4 is 52.3 Å². The van der Waals surface area contributed by atoms with Crippen LogP contribution in [0.2, 0.25) is 0 Å². The number of thiocarbonyl (C=S) groups is 1. The first-order valence-electron chi connectivity index (χ1n) is 10.3. The quantitative estimate of drug-likeness (QED) is 0.207. The predicted octanol–water partition coefficient (Wildman–Crippen LogP) is 5.58. The van der Waals surface area contributed by atoms with Gasteiger partial charge in [-0.1, -0.05) is 35.9 Å². The Morgan fingerprint density at radius 2 is 1.53 bits per heavy atom. The van der Waals surface area contributed by atoms with Gasteiger partial charge in [0.15, 0.2) is 5.11 Å². The average molecular weight is 462 g/mol. The topological polar surface area (TPSA) is 61.4 Å². The molecule has 0 bridgehead atoms. The van der Waals surface area contributed by atoms with Gasteiger partial charge in [0.1, 0.15) is 0 Å². The van der Waals surface area contributed by atoms with Gasteiger partial charge in [-0.05, 0) is 73.8 Å². The van der Waals surface area contributed by atoms with E-state index in [4.69, 9.17) is 12.2 Å². The van der Waals surface area contributed by atoms with Gasteiger partial charge in [0.05, 0.1) is 11.1 Å². The fourth-order valence-corrected chi connectivity index (χ4v) is 4.58. The van der Waals surface area contributed by atoms with E-state index < -0.39 is 0 Å². The smallest absolute Gasteiger partial charge is 0.261 e. The van der Waals surface area contributed by atoms with Crippen molar-refractivity contribution in [2.45, 2.75) is 18.2 Å². The van der Waals surface area contributed by atoms with Crippen LogP contribution in [0.25, 0.3) is 0 Å². The molecule has 0 fully saturated rings. The lowest BCUT2D eigenvalue weighted by atomic mass is 10.1. The van der Waals surface area contributed by atoms with E-state index >= 15 is 0 Å². The molecule has 0 unspecified atom stereocenters. The lowest BCUT2D eigenvalue weighted by Crippen LogP contribution is -2.30. The van der Waals surface area contributed by atoms with Gasteiger partial charge in [-0.15, -0.1) is 11.8 Å². The summed E-state index contributed by atoms with van der Waals surface area (Å²) in [5, 5.41) is 6.92. The van der Waals surface area contributed by atoms with Crippen LogP contribution in [0.3, 0.4) is 0 Å². The molecule has 1 aliphatic rings. The zero-order chi connectivity index (χ0) is 22.5. The summed E-state index contributed by atoms with van der Waals surface area (Å²) in [7, 11) is 0. The van der Waals surface area contributed by atoms with Crippen LogP contribution in [-0.4, -0.2) is 34.1 Å². The number of rotatable bonds is 7. The number of thioether (sulfide) groups is 1. The minimum absolute atomic E-state index is 0.198. The molecule has 0 saturated carbocycles. The molecular weight excluding hydrogens is 438 g/mol. The Balaban J connectivity index is 1.26. The number of imide groups is 1. The third-order valence-electron chi connectivity index (χ3n) is 5.07. The van der Waals surface area contributed by atoms with E-state index in [1.807, 2.05) is 55.5 Å². The first-order valence-corrected chi connectivity index (χ1v) is 11.7. The molecule has 32 heavy (non-hydrogen) atoms. The maximum Gasteiger partial charge on any atom is 0.261 e. The highest BCUT2D eigenvalue weighted by molar-refractivity contribution is 7.99. The van der Waals surface area contributed by atoms with E-state index in [1.165, 1.54) is 10.5 Å². The van der Waals surface area contributed by atoms with Crippen LogP contribution in [0.15, 0.2) is 77.7 Å². The molecular formula is C25H23N3O2S2. The summed E-state index contributed by atoms with van der Waals surface area (Å²) in [5.74, 6) is 0.399. The molecule has 3 aromatic carbocycles. The van der Waals surface area contributed by atoms with Gasteiger partial charge in [-0.2, -0.15) is 0 Å². The van der Waals surface area contributed by atoms with Gasteiger partial charge >= 0.3 is 0 Å². The Morgan fingerprint density at radius 1 is 0.875 bits per heavy atom. The summed E-state index contributed by atoms with van der Waals surface area (Å²) >= 11 is 7.10. The van der Waals surface area contributed by atoms with Crippen molar-refractivity contribution in [3.63, 3.8) is 0 Å². The second-order valence-electron chi connectivity index (χ2n) is 7.48. The number of benzene rings is 3. The van der Waals surface area contributed by atoms with Crippen LogP contribution >= 0.6 is 24.0 Å². The molecule has 0 aromatic heterocycles. The highest BCUT2D eigenvalue weighted by Crippen LogP contribution is 2.25. The van der Waals surface area contributed by atoms with Gasteiger partial charge < -0.3 is 10.6 Å². The molecule has 1 aliphatic heterocycles. The predicted molar refractivity (Wildman–Crippen MR) is 135 cm³/mol. The number of nitrogens with one attached hydrogen (secondary N) is 2. The van der Waals surface area contributed by atoms with E-state index in [1.54, 1.807) is 36.0 Å². The fourth-order valence-electron chi connectivity index (χ4n) is 3.45. The molecule has 4 rings (SSSR count). The Kier molecular flexibility index (Phi) is 6.87. The Hall–Kier alpha value is -3.16. The lowest BCUT2D eigenvalue weighted by molar-refractivity contribution is 0.0655. The molecule has 0 atom stereocenters. The number of fused-ring (bicyclic) bond motifs is 1. The molecule has 0 saturated heterocycles. The molecule has 7 heteroatoms. The summed E-state index contributed by atoms with van der Waals surface area (Å²) in [4.78, 5) is 27.3. The number of carbonyl (C=O) groups is 2. The summed E-state index contributed by atoms with van der Waals surface area (Å²) in [6, 6.07) is 23.0. The van der Waals surface area contributed by atoms with Crippen molar-refractivity contribution in [1.82, 2.24) is 4.90 Å². The number of anilines is 2. The van der Waals surface area contributed by atoms with Gasteiger partial charge in [0.2, 0.25) is 0 Å². The van der Waals surface area contributed by atoms with Crippen molar-refractivity contribution in [1.29, 1.82) is 0 Å². The van der Waals surface area contributed by atoms with E-state index in [0.29, 0.717) is 22.8 Å². The van der Waals surface area contributed by atoms with E-state index in [2.05, 4.69) is 10.6 Å². The van der Waals surface area contributed by atoms with Crippen molar-refractivity contribution in [3.05, 3.63) is 89.5 Å². The van der Waals surface area contributed by atoms with Crippen LogP contribution in [0.1, 0.15) is 32.7 Å². The zero-order valence-electron chi connectivity index (χ0n) is 17.6. The summed E-state index contributed by atoms with van der Waals surface area (Å²) in [6.45, 7) is 2.46. The van der Waals surface area contributed by atoms with Crippen molar-refractivity contribution in [3.8, 4) is 0 Å². The summed E-state index contributed by atoms with van der Waals surface area (Å²) in [6.07, 6.45) is 0.723. The Morgan fingerprint density at radius 3 is 2.22 bits per heavy atom. The van der Waals surface area contributed by atoms with Gasteiger partial charge in [-0.3, -0.25) is 14.5 Å². The van der Waals surface area contributed by atoms with Gasteiger partial charge in [-0.25, -0.2) is 0 Å². The molecule has 3 aromatic rings. The molecule has 0 radical (unpaired) electrons. The first-order chi connectivity index (χ1) is 15.5. The number of carbonyl (C=O) groups excluding carboxylic acids is 2. The normalized spacial score (nSPS) is 12.6. The second-order valence-corrected chi connectivity index (χ2v) is 9.06. The molecule has 0 aliphatic carbocycles. The Labute approximate surface area is 197 Å². The maximum atomic E-state index is 12.4. The maximum absolute atomic E-state index is 12.4. The van der Waals surface area contributed by atoms with Crippen LogP contribution in [0.5, 0.6) is 0 Å². The lowest BCUT2D eigenvalue weighted by Gasteiger charge is -2.14. The third kappa shape index (κ3) is 5.18. The molecule has 0 spiro atoms. The number of hydrogen-bond donors (Lipinski definition) is 2. The number of amides is 2. The highest BCUT2D eigenvalue weighted by atomic mass is 32.2. The standard InChI is InChI=1S/C25H23N3O2S2/c1-17-10-12-18(13-11-17)26-25(31)27-19-6-4-7-20(16-19)32-15-5-14-28-23(29)21-8-2-3-9-22(21)24(28)30/h2-4,6-13,16H,5,14-15H2,1H3,(H2,26,27,31). The third-order valence-corrected chi connectivity index (χ3v) is 6.36. The largest absolute Gasteiger partial charge is 0.332 e. The van der Waals surface area contributed by atoms with Crippen LogP contribution in [0.4, 0.5) is 11.4 Å². The molecule has 162 valence electrons. The van der Waals surface area contributed by atoms with E-state index in [-0.39, 0.29) is 11.8 Å². The monoisotopic (exact) mass is 461 g/mol. The second kappa shape index (κ2) is 9.97. The molecule has 2 N–H and O–H groups in total. The van der Waals surface area contributed by atoms with Crippen LogP contribution < -0.4 is 10.6 Å². The van der Waals surface area contributed by atoms with Crippen molar-refractivity contribution < 1.29 is 9.59 Å². The van der Waals surface area contributed by atoms with Gasteiger partial charge in [0, 0.05) is 22.8 Å². The number of aryl methyl sites for hydroxylation is 1. The van der Waals surface area contributed by atoms with E-state index in [0.717, 1.165) is 28.4 Å². The SMILES string of the molecule is Cc1ccc(NC(=S)Nc2cccc(SCCCN3C(=O)c4ccccc4C3=O)c2)cc1. The summed E-state index contributed by atoms with van der Waals surface area (Å²) < 4.78 is 0.